The molecule has 26 heavy (non-hydrogen) atoms. The molecule has 0 saturated carbocycles. The third-order valence-corrected chi connectivity index (χ3v) is 4.88. The van der Waals surface area contributed by atoms with Crippen molar-refractivity contribution in [2.75, 3.05) is 0 Å². The van der Waals surface area contributed by atoms with Crippen molar-refractivity contribution in [1.82, 2.24) is 0 Å². The predicted molar refractivity (Wildman–Crippen MR) is 103 cm³/mol. The Hall–Kier alpha value is -3.26. The Morgan fingerprint density at radius 2 is 1.27 bits per heavy atom. The molecule has 1 unspecified atom stereocenters. The lowest BCUT2D eigenvalue weighted by Gasteiger charge is -2.11. The maximum Gasteiger partial charge on any atom is 0.134 e. The van der Waals surface area contributed by atoms with E-state index in [1.165, 1.54) is 11.1 Å². The largest absolute Gasteiger partial charge is 0.485 e. The van der Waals surface area contributed by atoms with Gasteiger partial charge in [-0.2, -0.15) is 0 Å². The molecule has 5 rings (SSSR count). The van der Waals surface area contributed by atoms with Crippen molar-refractivity contribution in [1.29, 1.82) is 0 Å². The van der Waals surface area contributed by atoms with Crippen LogP contribution in [0, 0.1) is 0 Å². The van der Waals surface area contributed by atoms with Gasteiger partial charge in [-0.05, 0) is 29.3 Å². The van der Waals surface area contributed by atoms with Gasteiger partial charge < -0.3 is 9.15 Å². The lowest BCUT2D eigenvalue weighted by molar-refractivity contribution is 0.238. The van der Waals surface area contributed by atoms with Crippen LogP contribution in [0.2, 0.25) is 0 Å². The quantitative estimate of drug-likeness (QED) is 0.438. The van der Waals surface area contributed by atoms with Crippen LogP contribution < -0.4 is 4.74 Å². The van der Waals surface area contributed by atoms with Crippen LogP contribution in [0.5, 0.6) is 5.75 Å². The summed E-state index contributed by atoms with van der Waals surface area (Å²) in [5.74, 6) is 2.77. The lowest BCUT2D eigenvalue weighted by atomic mass is 10.0. The average molecular weight is 338 g/mol. The minimum absolute atomic E-state index is 0.0953. The van der Waals surface area contributed by atoms with Crippen LogP contribution in [0.4, 0.5) is 0 Å². The molecule has 0 saturated heterocycles. The first-order valence-corrected chi connectivity index (χ1v) is 8.87. The summed E-state index contributed by atoms with van der Waals surface area (Å²) in [6.45, 7) is 0. The summed E-state index contributed by atoms with van der Waals surface area (Å²) in [5, 5.41) is 0. The van der Waals surface area contributed by atoms with Gasteiger partial charge in [0.25, 0.3) is 0 Å². The van der Waals surface area contributed by atoms with Crippen molar-refractivity contribution in [2.45, 2.75) is 12.5 Å². The second-order valence-corrected chi connectivity index (χ2v) is 6.57. The fraction of sp³-hybridized carbons (Fsp3) is 0.0833. The van der Waals surface area contributed by atoms with Crippen molar-refractivity contribution in [3.05, 3.63) is 102 Å². The van der Waals surface area contributed by atoms with Crippen LogP contribution in [0.3, 0.4) is 0 Å². The molecule has 126 valence electrons. The molecule has 1 aliphatic rings. The number of hydrogen-bond acceptors (Lipinski definition) is 2. The van der Waals surface area contributed by atoms with Crippen LogP contribution in [0.15, 0.2) is 95.4 Å². The summed E-state index contributed by atoms with van der Waals surface area (Å²) in [6.07, 6.45) is 1.02. The highest BCUT2D eigenvalue weighted by Gasteiger charge is 2.23. The molecule has 0 spiro atoms. The van der Waals surface area contributed by atoms with E-state index in [4.69, 9.17) is 9.15 Å². The molecule has 0 amide bonds. The second kappa shape index (κ2) is 6.23. The smallest absolute Gasteiger partial charge is 0.134 e. The number of benzene rings is 3. The number of para-hydroxylation sites is 1. The third kappa shape index (κ3) is 2.70. The summed E-state index contributed by atoms with van der Waals surface area (Å²) in [4.78, 5) is 0. The SMILES string of the molecule is c1ccc(-c2ccc(-c3ccc(C4Cc5ccccc5O4)cc3)o2)cc1. The lowest BCUT2D eigenvalue weighted by Crippen LogP contribution is -2.02. The van der Waals surface area contributed by atoms with Gasteiger partial charge in [-0.1, -0.05) is 72.8 Å². The Kier molecular flexibility index (Phi) is 3.60. The summed E-state index contributed by atoms with van der Waals surface area (Å²) < 4.78 is 12.1. The highest BCUT2D eigenvalue weighted by atomic mass is 16.5. The van der Waals surface area contributed by atoms with E-state index in [1.807, 2.05) is 42.5 Å². The van der Waals surface area contributed by atoms with Crippen LogP contribution in [-0.2, 0) is 6.42 Å². The third-order valence-electron chi connectivity index (χ3n) is 4.88. The summed E-state index contributed by atoms with van der Waals surface area (Å²) in [6, 6.07) is 31.0. The number of fused-ring (bicyclic) bond motifs is 1. The Labute approximate surface area is 152 Å². The molecule has 2 nitrogen and oxygen atoms in total. The first-order valence-electron chi connectivity index (χ1n) is 8.87. The second-order valence-electron chi connectivity index (χ2n) is 6.57. The number of furan rings is 1. The summed E-state index contributed by atoms with van der Waals surface area (Å²) >= 11 is 0. The topological polar surface area (TPSA) is 22.4 Å². The molecule has 0 aliphatic carbocycles. The van der Waals surface area contributed by atoms with E-state index in [9.17, 15) is 0 Å². The van der Waals surface area contributed by atoms with Crippen molar-refractivity contribution < 1.29 is 9.15 Å². The first kappa shape index (κ1) is 15.0. The monoisotopic (exact) mass is 338 g/mol. The highest BCUT2D eigenvalue weighted by molar-refractivity contribution is 5.65. The van der Waals surface area contributed by atoms with Crippen LogP contribution in [-0.4, -0.2) is 0 Å². The van der Waals surface area contributed by atoms with E-state index in [0.717, 1.165) is 34.8 Å². The molecular formula is C24H18O2. The molecule has 1 atom stereocenters. The van der Waals surface area contributed by atoms with Gasteiger partial charge in [-0.15, -0.1) is 0 Å². The molecular weight excluding hydrogens is 320 g/mol. The number of hydrogen-bond donors (Lipinski definition) is 0. The average Bonchev–Trinajstić information content (AvgIpc) is 3.36. The van der Waals surface area contributed by atoms with Crippen LogP contribution in [0.1, 0.15) is 17.2 Å². The Morgan fingerprint density at radius 1 is 0.615 bits per heavy atom. The molecule has 0 bridgehead atoms. The molecule has 1 aromatic heterocycles. The summed E-state index contributed by atoms with van der Waals surface area (Å²) in [5.41, 5.74) is 4.64. The van der Waals surface area contributed by atoms with Crippen molar-refractivity contribution in [3.8, 4) is 28.4 Å². The zero-order valence-electron chi connectivity index (χ0n) is 14.3. The van der Waals surface area contributed by atoms with Gasteiger partial charge in [0.2, 0.25) is 0 Å². The predicted octanol–water partition coefficient (Wildman–Crippen LogP) is 6.29. The zero-order chi connectivity index (χ0) is 17.3. The normalized spacial score (nSPS) is 15.5. The molecule has 2 heteroatoms. The van der Waals surface area contributed by atoms with Gasteiger partial charge in [-0.25, -0.2) is 0 Å². The fourth-order valence-electron chi connectivity index (χ4n) is 3.48. The minimum Gasteiger partial charge on any atom is -0.485 e. The molecule has 0 fully saturated rings. The Morgan fingerprint density at radius 3 is 2.00 bits per heavy atom. The van der Waals surface area contributed by atoms with Crippen LogP contribution in [0.25, 0.3) is 22.6 Å². The number of ether oxygens (including phenoxy) is 1. The molecule has 1 aliphatic heterocycles. The van der Waals surface area contributed by atoms with E-state index in [0.29, 0.717) is 0 Å². The van der Waals surface area contributed by atoms with Gasteiger partial charge in [0.1, 0.15) is 23.4 Å². The van der Waals surface area contributed by atoms with Gasteiger partial charge in [0.05, 0.1) is 0 Å². The molecule has 4 aromatic rings. The minimum atomic E-state index is 0.0953. The maximum absolute atomic E-state index is 6.08. The van der Waals surface area contributed by atoms with Crippen LogP contribution >= 0.6 is 0 Å². The first-order chi connectivity index (χ1) is 12.9. The molecule has 0 radical (unpaired) electrons. The molecule has 2 heterocycles. The van der Waals surface area contributed by atoms with E-state index in [1.54, 1.807) is 0 Å². The standard InChI is InChI=1S/C24H18O2/c1-2-6-17(7-3-1)22-14-15-23(25-22)18-10-12-19(13-11-18)24-16-20-8-4-5-9-21(20)26-24/h1-15,24H,16H2. The van der Waals surface area contributed by atoms with E-state index in [2.05, 4.69) is 48.5 Å². The van der Waals surface area contributed by atoms with Gasteiger partial charge in [0.15, 0.2) is 0 Å². The van der Waals surface area contributed by atoms with Crippen molar-refractivity contribution >= 4 is 0 Å². The Balaban J connectivity index is 1.37. The van der Waals surface area contributed by atoms with Gasteiger partial charge in [0, 0.05) is 17.5 Å². The molecule has 3 aromatic carbocycles. The van der Waals surface area contributed by atoms with Gasteiger partial charge in [-0.3, -0.25) is 0 Å². The van der Waals surface area contributed by atoms with Crippen molar-refractivity contribution in [3.63, 3.8) is 0 Å². The summed E-state index contributed by atoms with van der Waals surface area (Å²) in [7, 11) is 0. The fourth-order valence-corrected chi connectivity index (χ4v) is 3.48. The van der Waals surface area contributed by atoms with E-state index in [-0.39, 0.29) is 6.10 Å². The van der Waals surface area contributed by atoms with Gasteiger partial charge >= 0.3 is 0 Å². The highest BCUT2D eigenvalue weighted by Crippen LogP contribution is 2.37. The zero-order valence-corrected chi connectivity index (χ0v) is 14.3. The van der Waals surface area contributed by atoms with E-state index < -0.39 is 0 Å². The van der Waals surface area contributed by atoms with Crippen molar-refractivity contribution in [2.24, 2.45) is 0 Å². The number of rotatable bonds is 3. The van der Waals surface area contributed by atoms with E-state index >= 15 is 0 Å². The Bertz CT molecular complexity index is 1000. The molecule has 0 N–H and O–H groups in total. The maximum atomic E-state index is 6.08.